The van der Waals surface area contributed by atoms with Crippen LogP contribution in [0.2, 0.25) is 0 Å². The zero-order valence-corrected chi connectivity index (χ0v) is 8.20. The lowest BCUT2D eigenvalue weighted by Gasteiger charge is -2.09. The predicted molar refractivity (Wildman–Crippen MR) is 54.0 cm³/mol. The summed E-state index contributed by atoms with van der Waals surface area (Å²) in [5, 5.41) is 6.85. The average molecular weight is 190 g/mol. The van der Waals surface area contributed by atoms with Gasteiger partial charge in [0.15, 0.2) is 0 Å². The molecule has 0 spiro atoms. The van der Waals surface area contributed by atoms with Crippen LogP contribution >= 0.6 is 0 Å². The Morgan fingerprint density at radius 2 is 2.00 bits per heavy atom. The van der Waals surface area contributed by atoms with E-state index in [9.17, 15) is 0 Å². The smallest absolute Gasteiger partial charge is 0.147 e. The van der Waals surface area contributed by atoms with Gasteiger partial charge in [0.1, 0.15) is 5.82 Å². The number of hydrogen-bond acceptors (Lipinski definition) is 4. The van der Waals surface area contributed by atoms with Gasteiger partial charge in [-0.15, -0.1) is 0 Å². The summed E-state index contributed by atoms with van der Waals surface area (Å²) in [7, 11) is 0. The van der Waals surface area contributed by atoms with Crippen molar-refractivity contribution in [3.05, 3.63) is 18.1 Å². The number of hydrogen-bond donors (Lipinski definition) is 2. The number of rotatable bonds is 2. The summed E-state index contributed by atoms with van der Waals surface area (Å²) < 4.78 is 0. The van der Waals surface area contributed by atoms with E-state index in [0.717, 1.165) is 36.4 Å². The molecule has 2 atom stereocenters. The second-order valence-corrected chi connectivity index (χ2v) is 4.15. The van der Waals surface area contributed by atoms with E-state index in [1.807, 2.05) is 6.92 Å². The Hall–Kier alpha value is -1.16. The van der Waals surface area contributed by atoms with E-state index in [2.05, 4.69) is 20.6 Å². The van der Waals surface area contributed by atoms with Crippen LogP contribution in [0, 0.1) is 18.8 Å². The van der Waals surface area contributed by atoms with E-state index in [4.69, 9.17) is 0 Å². The summed E-state index contributed by atoms with van der Waals surface area (Å²) in [5.74, 6) is 2.58. The number of fused-ring (bicyclic) bond motifs is 1. The fourth-order valence-electron chi connectivity index (χ4n) is 2.34. The summed E-state index contributed by atoms with van der Waals surface area (Å²) >= 11 is 0. The van der Waals surface area contributed by atoms with Gasteiger partial charge < -0.3 is 10.6 Å². The quantitative estimate of drug-likeness (QED) is 0.709. The minimum absolute atomic E-state index is 0.631. The molecule has 74 valence electrons. The zero-order valence-electron chi connectivity index (χ0n) is 8.20. The number of anilines is 1. The van der Waals surface area contributed by atoms with Crippen LogP contribution in [0.1, 0.15) is 5.69 Å². The van der Waals surface area contributed by atoms with Gasteiger partial charge in [0, 0.05) is 31.5 Å². The van der Waals surface area contributed by atoms with Crippen LogP contribution in [0.15, 0.2) is 12.4 Å². The number of nitrogens with zero attached hydrogens (tertiary/aromatic N) is 2. The first-order valence-electron chi connectivity index (χ1n) is 5.11. The fourth-order valence-corrected chi connectivity index (χ4v) is 2.34. The SMILES string of the molecule is Cc1nccnc1NC1C2CNCC21. The van der Waals surface area contributed by atoms with Gasteiger partial charge in [-0.3, -0.25) is 4.98 Å². The minimum atomic E-state index is 0.631. The van der Waals surface area contributed by atoms with Gasteiger partial charge in [0.05, 0.1) is 5.69 Å². The molecule has 2 aliphatic rings. The topological polar surface area (TPSA) is 49.8 Å². The Bertz CT molecular complexity index is 342. The van der Waals surface area contributed by atoms with E-state index < -0.39 is 0 Å². The van der Waals surface area contributed by atoms with Crippen LogP contribution in [0.25, 0.3) is 0 Å². The van der Waals surface area contributed by atoms with Gasteiger partial charge in [-0.2, -0.15) is 0 Å². The summed E-state index contributed by atoms with van der Waals surface area (Å²) in [4.78, 5) is 8.50. The molecule has 1 saturated carbocycles. The fraction of sp³-hybridized carbons (Fsp3) is 0.600. The molecule has 0 aromatic carbocycles. The molecule has 0 amide bonds. The van der Waals surface area contributed by atoms with Crippen LogP contribution in [0.5, 0.6) is 0 Å². The molecule has 1 saturated heterocycles. The van der Waals surface area contributed by atoms with Crippen molar-refractivity contribution in [1.29, 1.82) is 0 Å². The van der Waals surface area contributed by atoms with Gasteiger partial charge in [0.2, 0.25) is 0 Å². The molecule has 1 aliphatic heterocycles. The van der Waals surface area contributed by atoms with E-state index in [0.29, 0.717) is 6.04 Å². The van der Waals surface area contributed by atoms with Crippen molar-refractivity contribution in [2.75, 3.05) is 18.4 Å². The van der Waals surface area contributed by atoms with Crippen LogP contribution in [-0.2, 0) is 0 Å². The molecular weight excluding hydrogens is 176 g/mol. The number of aryl methyl sites for hydroxylation is 1. The highest BCUT2D eigenvalue weighted by Crippen LogP contribution is 2.43. The maximum Gasteiger partial charge on any atom is 0.147 e. The largest absolute Gasteiger partial charge is 0.365 e. The Morgan fingerprint density at radius 3 is 2.71 bits per heavy atom. The van der Waals surface area contributed by atoms with Crippen molar-refractivity contribution in [3.8, 4) is 0 Å². The average Bonchev–Trinajstić information content (AvgIpc) is 2.64. The molecule has 4 heteroatoms. The molecule has 14 heavy (non-hydrogen) atoms. The molecule has 2 fully saturated rings. The maximum absolute atomic E-state index is 4.29. The molecule has 0 bridgehead atoms. The zero-order chi connectivity index (χ0) is 9.54. The lowest BCUT2D eigenvalue weighted by molar-refractivity contribution is 0.694. The molecule has 1 aliphatic carbocycles. The second-order valence-electron chi connectivity index (χ2n) is 4.15. The molecule has 1 aromatic heterocycles. The second kappa shape index (κ2) is 2.92. The summed E-state index contributed by atoms with van der Waals surface area (Å²) in [6.07, 6.45) is 3.47. The van der Waals surface area contributed by atoms with Gasteiger partial charge in [0.25, 0.3) is 0 Å². The predicted octanol–water partition coefficient (Wildman–Crippen LogP) is 0.415. The first-order valence-corrected chi connectivity index (χ1v) is 5.11. The van der Waals surface area contributed by atoms with Crippen molar-refractivity contribution in [1.82, 2.24) is 15.3 Å². The van der Waals surface area contributed by atoms with Crippen molar-refractivity contribution in [2.24, 2.45) is 11.8 Å². The molecular formula is C10H14N4. The lowest BCUT2D eigenvalue weighted by atomic mass is 10.4. The van der Waals surface area contributed by atoms with E-state index in [1.165, 1.54) is 0 Å². The van der Waals surface area contributed by atoms with Gasteiger partial charge in [-0.25, -0.2) is 4.98 Å². The van der Waals surface area contributed by atoms with Crippen LogP contribution in [0.4, 0.5) is 5.82 Å². The van der Waals surface area contributed by atoms with Gasteiger partial charge in [-0.1, -0.05) is 0 Å². The Morgan fingerprint density at radius 1 is 1.29 bits per heavy atom. The lowest BCUT2D eigenvalue weighted by Crippen LogP contribution is -2.22. The third-order valence-corrected chi connectivity index (χ3v) is 3.28. The standard InChI is InChI=1S/C10H14N4/c1-6-10(13-3-2-12-6)14-9-7-4-11-5-8(7)9/h2-3,7-9,11H,4-5H2,1H3,(H,13,14). The Kier molecular flexibility index (Phi) is 1.70. The van der Waals surface area contributed by atoms with Gasteiger partial charge in [-0.05, 0) is 18.8 Å². The monoisotopic (exact) mass is 190 g/mol. The first-order chi connectivity index (χ1) is 6.86. The summed E-state index contributed by atoms with van der Waals surface area (Å²) in [5.41, 5.74) is 0.991. The highest BCUT2D eigenvalue weighted by atomic mass is 15.1. The van der Waals surface area contributed by atoms with Crippen LogP contribution in [0.3, 0.4) is 0 Å². The van der Waals surface area contributed by atoms with Crippen LogP contribution < -0.4 is 10.6 Å². The third kappa shape index (κ3) is 1.18. The molecule has 2 N–H and O–H groups in total. The maximum atomic E-state index is 4.29. The molecule has 3 rings (SSSR count). The number of piperidine rings is 1. The molecule has 2 heterocycles. The number of nitrogens with one attached hydrogen (secondary N) is 2. The summed E-state index contributed by atoms with van der Waals surface area (Å²) in [6, 6.07) is 0.631. The van der Waals surface area contributed by atoms with Crippen molar-refractivity contribution in [2.45, 2.75) is 13.0 Å². The first kappa shape index (κ1) is 8.17. The molecule has 4 nitrogen and oxygen atoms in total. The Balaban J connectivity index is 1.71. The Labute approximate surface area is 83.1 Å². The molecule has 0 radical (unpaired) electrons. The van der Waals surface area contributed by atoms with Crippen LogP contribution in [-0.4, -0.2) is 29.1 Å². The molecule has 1 aromatic rings. The highest BCUT2D eigenvalue weighted by molar-refractivity contribution is 5.42. The van der Waals surface area contributed by atoms with Crippen molar-refractivity contribution < 1.29 is 0 Å². The minimum Gasteiger partial charge on any atom is -0.365 e. The van der Waals surface area contributed by atoms with E-state index in [-0.39, 0.29) is 0 Å². The summed E-state index contributed by atoms with van der Waals surface area (Å²) in [6.45, 7) is 4.30. The number of aromatic nitrogens is 2. The molecule has 2 unspecified atom stereocenters. The normalized spacial score (nSPS) is 33.9. The van der Waals surface area contributed by atoms with E-state index in [1.54, 1.807) is 12.4 Å². The highest BCUT2D eigenvalue weighted by Gasteiger charge is 2.53. The van der Waals surface area contributed by atoms with Gasteiger partial charge >= 0.3 is 0 Å². The van der Waals surface area contributed by atoms with E-state index >= 15 is 0 Å². The van der Waals surface area contributed by atoms with Crippen molar-refractivity contribution in [3.63, 3.8) is 0 Å². The third-order valence-electron chi connectivity index (χ3n) is 3.28. The van der Waals surface area contributed by atoms with Crippen molar-refractivity contribution >= 4 is 5.82 Å².